The van der Waals surface area contributed by atoms with Crippen LogP contribution in [0.5, 0.6) is 0 Å². The second-order valence-corrected chi connectivity index (χ2v) is 5.35. The molecule has 3 rings (SSSR count). The van der Waals surface area contributed by atoms with Crippen LogP contribution in [-0.4, -0.2) is 72.2 Å². The number of fused-ring (bicyclic) bond motifs is 1. The van der Waals surface area contributed by atoms with E-state index in [1.54, 1.807) is 6.08 Å². The molecule has 24 heavy (non-hydrogen) atoms. The van der Waals surface area contributed by atoms with Gasteiger partial charge < -0.3 is 24.3 Å². The van der Waals surface area contributed by atoms with E-state index >= 15 is 0 Å². The number of amides is 1. The number of ether oxygens (including phenoxy) is 4. The first-order chi connectivity index (χ1) is 11.6. The highest BCUT2D eigenvalue weighted by Gasteiger charge is 2.50. The van der Waals surface area contributed by atoms with Crippen molar-refractivity contribution in [2.24, 2.45) is 0 Å². The van der Waals surface area contributed by atoms with E-state index in [-0.39, 0.29) is 24.4 Å². The second kappa shape index (κ2) is 6.97. The highest BCUT2D eigenvalue weighted by atomic mass is 16.6. The summed E-state index contributed by atoms with van der Waals surface area (Å²) in [5.41, 5.74) is 0.107. The van der Waals surface area contributed by atoms with Gasteiger partial charge in [0.2, 0.25) is 0 Å². The fourth-order valence-corrected chi connectivity index (χ4v) is 2.74. The second-order valence-electron chi connectivity index (χ2n) is 5.35. The number of esters is 1. The predicted octanol–water partition coefficient (Wildman–Crippen LogP) is -0.316. The van der Waals surface area contributed by atoms with Gasteiger partial charge >= 0.3 is 12.1 Å². The Morgan fingerprint density at radius 1 is 1.46 bits per heavy atom. The molecular weight excluding hydrogens is 320 g/mol. The SMILES string of the molecule is C=CCNC(=O)O[C@@H]1CO[C@H]2[C@@H]1OC[C@@H]2n1cc(C(=O)OC)nn1. The number of aromatic nitrogens is 3. The summed E-state index contributed by atoms with van der Waals surface area (Å²) in [7, 11) is 1.27. The largest absolute Gasteiger partial charge is 0.464 e. The van der Waals surface area contributed by atoms with Crippen LogP contribution in [0.25, 0.3) is 0 Å². The van der Waals surface area contributed by atoms with Crippen molar-refractivity contribution in [1.82, 2.24) is 20.3 Å². The summed E-state index contributed by atoms with van der Waals surface area (Å²) in [6.45, 7) is 4.37. The van der Waals surface area contributed by atoms with Crippen molar-refractivity contribution in [1.29, 1.82) is 0 Å². The van der Waals surface area contributed by atoms with Crippen LogP contribution < -0.4 is 5.32 Å². The van der Waals surface area contributed by atoms with E-state index in [1.165, 1.54) is 18.0 Å². The molecule has 4 atom stereocenters. The van der Waals surface area contributed by atoms with Gasteiger partial charge in [-0.2, -0.15) is 0 Å². The minimum atomic E-state index is -0.566. The van der Waals surface area contributed by atoms with Crippen LogP contribution in [0.4, 0.5) is 4.79 Å². The molecule has 3 heterocycles. The fraction of sp³-hybridized carbons (Fsp3) is 0.571. The van der Waals surface area contributed by atoms with Gasteiger partial charge in [-0.05, 0) is 0 Å². The molecule has 10 nitrogen and oxygen atoms in total. The lowest BCUT2D eigenvalue weighted by Crippen LogP contribution is -2.37. The monoisotopic (exact) mass is 338 g/mol. The number of alkyl carbamates (subject to hydrolysis) is 1. The van der Waals surface area contributed by atoms with Gasteiger partial charge in [-0.15, -0.1) is 11.7 Å². The lowest BCUT2D eigenvalue weighted by atomic mass is 10.1. The third-order valence-electron chi connectivity index (χ3n) is 3.88. The van der Waals surface area contributed by atoms with E-state index < -0.39 is 24.3 Å². The number of nitrogens with one attached hydrogen (secondary N) is 1. The topological polar surface area (TPSA) is 114 Å². The summed E-state index contributed by atoms with van der Waals surface area (Å²) in [5, 5.41) is 10.2. The lowest BCUT2D eigenvalue weighted by molar-refractivity contribution is 0.00330. The van der Waals surface area contributed by atoms with Gasteiger partial charge in [0, 0.05) is 6.54 Å². The Kier molecular flexibility index (Phi) is 4.76. The molecule has 0 spiro atoms. The Bertz CT molecular complexity index is 633. The summed E-state index contributed by atoms with van der Waals surface area (Å²) >= 11 is 0. The van der Waals surface area contributed by atoms with Crippen molar-refractivity contribution < 1.29 is 28.5 Å². The van der Waals surface area contributed by atoms with E-state index in [4.69, 9.17) is 14.2 Å². The average molecular weight is 338 g/mol. The first-order valence-corrected chi connectivity index (χ1v) is 7.42. The zero-order valence-electron chi connectivity index (χ0n) is 13.1. The summed E-state index contributed by atoms with van der Waals surface area (Å²) in [6.07, 6.45) is 1.25. The minimum absolute atomic E-state index is 0.107. The number of nitrogens with zero attached hydrogens (tertiary/aromatic N) is 3. The van der Waals surface area contributed by atoms with E-state index in [0.717, 1.165) is 0 Å². The number of rotatable bonds is 5. The van der Waals surface area contributed by atoms with Crippen LogP contribution in [0.2, 0.25) is 0 Å². The van der Waals surface area contributed by atoms with Crippen LogP contribution in [0, 0.1) is 0 Å². The molecule has 2 aliphatic heterocycles. The van der Waals surface area contributed by atoms with Crippen LogP contribution in [0.15, 0.2) is 18.9 Å². The summed E-state index contributed by atoms with van der Waals surface area (Å²) in [5.74, 6) is -0.566. The smallest absolute Gasteiger partial charge is 0.407 e. The molecule has 2 fully saturated rings. The summed E-state index contributed by atoms with van der Waals surface area (Å²) in [4.78, 5) is 23.1. The Morgan fingerprint density at radius 2 is 2.25 bits per heavy atom. The molecule has 1 aromatic rings. The van der Waals surface area contributed by atoms with E-state index in [1.807, 2.05) is 0 Å². The van der Waals surface area contributed by atoms with Crippen LogP contribution >= 0.6 is 0 Å². The van der Waals surface area contributed by atoms with Gasteiger partial charge in [0.15, 0.2) is 11.8 Å². The number of carbonyl (C=O) groups is 2. The number of hydrogen-bond donors (Lipinski definition) is 1. The predicted molar refractivity (Wildman–Crippen MR) is 78.3 cm³/mol. The third kappa shape index (κ3) is 3.10. The van der Waals surface area contributed by atoms with Gasteiger partial charge in [0.25, 0.3) is 0 Å². The zero-order chi connectivity index (χ0) is 17.1. The maximum Gasteiger partial charge on any atom is 0.407 e. The number of methoxy groups -OCH3 is 1. The summed E-state index contributed by atoms with van der Waals surface area (Å²) in [6, 6.07) is -0.259. The molecule has 130 valence electrons. The first-order valence-electron chi connectivity index (χ1n) is 7.42. The maximum atomic E-state index is 11.6. The van der Waals surface area contributed by atoms with Crippen molar-refractivity contribution >= 4 is 12.1 Å². The molecule has 0 bridgehead atoms. The Labute approximate surface area is 137 Å². The van der Waals surface area contributed by atoms with Crippen molar-refractivity contribution in [3.05, 3.63) is 24.5 Å². The molecule has 10 heteroatoms. The highest BCUT2D eigenvalue weighted by Crippen LogP contribution is 2.35. The Hall–Kier alpha value is -2.46. The molecule has 1 aromatic heterocycles. The maximum absolute atomic E-state index is 11.6. The third-order valence-corrected chi connectivity index (χ3v) is 3.88. The Balaban J connectivity index is 1.63. The molecule has 0 unspecified atom stereocenters. The molecule has 2 saturated heterocycles. The van der Waals surface area contributed by atoms with Crippen LogP contribution in [0.3, 0.4) is 0 Å². The van der Waals surface area contributed by atoms with Gasteiger partial charge in [-0.25, -0.2) is 14.3 Å². The summed E-state index contributed by atoms with van der Waals surface area (Å²) < 4.78 is 22.8. The standard InChI is InChI=1S/C14H18N4O6/c1-3-4-15-14(20)24-10-7-23-11-9(6-22-12(10)11)18-5-8(16-17-18)13(19)21-2/h3,5,9-12H,1,4,6-7H2,2H3,(H,15,20)/t9-,10+,11+,12+/m0/s1. The van der Waals surface area contributed by atoms with Crippen molar-refractivity contribution in [2.75, 3.05) is 26.9 Å². The quantitative estimate of drug-likeness (QED) is 0.574. The average Bonchev–Trinajstić information content (AvgIpc) is 3.29. The molecular formula is C14H18N4O6. The first kappa shape index (κ1) is 16.4. The van der Waals surface area contributed by atoms with E-state index in [9.17, 15) is 9.59 Å². The number of hydrogen-bond acceptors (Lipinski definition) is 8. The lowest BCUT2D eigenvalue weighted by Gasteiger charge is -2.17. The molecule has 0 saturated carbocycles. The van der Waals surface area contributed by atoms with Crippen molar-refractivity contribution in [2.45, 2.75) is 24.4 Å². The zero-order valence-corrected chi connectivity index (χ0v) is 13.1. The molecule has 0 aromatic carbocycles. The van der Waals surface area contributed by atoms with E-state index in [0.29, 0.717) is 13.2 Å². The molecule has 1 amide bonds. The molecule has 2 aliphatic rings. The van der Waals surface area contributed by atoms with Gasteiger partial charge in [-0.3, -0.25) is 0 Å². The molecule has 1 N–H and O–H groups in total. The highest BCUT2D eigenvalue weighted by molar-refractivity contribution is 5.86. The van der Waals surface area contributed by atoms with Crippen molar-refractivity contribution in [3.63, 3.8) is 0 Å². The normalized spacial score (nSPS) is 28.2. The van der Waals surface area contributed by atoms with Gasteiger partial charge in [0.1, 0.15) is 18.2 Å². The Morgan fingerprint density at radius 3 is 3.00 bits per heavy atom. The van der Waals surface area contributed by atoms with Crippen LogP contribution in [0.1, 0.15) is 16.5 Å². The van der Waals surface area contributed by atoms with Gasteiger partial charge in [0.05, 0.1) is 26.5 Å². The fourth-order valence-electron chi connectivity index (χ4n) is 2.74. The minimum Gasteiger partial charge on any atom is -0.464 e. The van der Waals surface area contributed by atoms with Crippen molar-refractivity contribution in [3.8, 4) is 0 Å². The van der Waals surface area contributed by atoms with Crippen LogP contribution in [-0.2, 0) is 18.9 Å². The van der Waals surface area contributed by atoms with Gasteiger partial charge in [-0.1, -0.05) is 11.3 Å². The molecule has 0 aliphatic carbocycles. The van der Waals surface area contributed by atoms with E-state index in [2.05, 4.69) is 26.9 Å². The molecule has 0 radical (unpaired) electrons. The number of carbonyl (C=O) groups excluding carboxylic acids is 2.